The summed E-state index contributed by atoms with van der Waals surface area (Å²) in [6, 6.07) is 15.6. The summed E-state index contributed by atoms with van der Waals surface area (Å²) in [7, 11) is 0. The molecule has 3 heteroatoms. The number of likely N-dealkylation sites (tertiary alicyclic amines) is 1. The number of pyridine rings is 1. The van der Waals surface area contributed by atoms with Gasteiger partial charge < -0.3 is 5.73 Å². The molecule has 1 aliphatic rings. The van der Waals surface area contributed by atoms with Gasteiger partial charge in [-0.2, -0.15) is 0 Å². The first-order valence-corrected chi connectivity index (χ1v) is 7.29. The molecule has 3 rings (SSSR count). The molecule has 104 valence electrons. The van der Waals surface area contributed by atoms with Gasteiger partial charge in [0.1, 0.15) is 0 Å². The summed E-state index contributed by atoms with van der Waals surface area (Å²) in [5, 5.41) is 0. The second-order valence-electron chi connectivity index (χ2n) is 5.40. The third-order valence-electron chi connectivity index (χ3n) is 4.02. The summed E-state index contributed by atoms with van der Waals surface area (Å²) in [4.78, 5) is 6.83. The summed E-state index contributed by atoms with van der Waals surface area (Å²) < 4.78 is 0. The summed E-state index contributed by atoms with van der Waals surface area (Å²) in [5.74, 6) is 0. The van der Waals surface area contributed by atoms with Crippen LogP contribution < -0.4 is 5.73 Å². The number of hydrogen-bond donors (Lipinski definition) is 1. The molecule has 3 nitrogen and oxygen atoms in total. The first-order valence-electron chi connectivity index (χ1n) is 7.29. The fourth-order valence-corrected chi connectivity index (χ4v) is 3.04. The number of aromatic nitrogens is 1. The molecule has 1 aromatic heterocycles. The van der Waals surface area contributed by atoms with Gasteiger partial charge in [-0.3, -0.25) is 9.88 Å². The lowest BCUT2D eigenvalue weighted by atomic mass is 10.0. The van der Waals surface area contributed by atoms with Gasteiger partial charge in [-0.15, -0.1) is 0 Å². The van der Waals surface area contributed by atoms with E-state index in [9.17, 15) is 0 Å². The van der Waals surface area contributed by atoms with Crippen LogP contribution in [0, 0.1) is 0 Å². The van der Waals surface area contributed by atoms with Gasteiger partial charge in [0.15, 0.2) is 0 Å². The van der Waals surface area contributed by atoms with Crippen molar-refractivity contribution in [3.63, 3.8) is 0 Å². The van der Waals surface area contributed by atoms with Crippen molar-refractivity contribution < 1.29 is 0 Å². The normalized spacial score (nSPS) is 19.4. The molecule has 0 spiro atoms. The molecule has 0 amide bonds. The molecule has 1 unspecified atom stereocenters. The molecular weight excluding hydrogens is 246 g/mol. The number of nitrogens with two attached hydrogens (primary N) is 1. The zero-order valence-electron chi connectivity index (χ0n) is 11.7. The van der Waals surface area contributed by atoms with Gasteiger partial charge in [-0.25, -0.2) is 0 Å². The molecule has 0 radical (unpaired) electrons. The average molecular weight is 267 g/mol. The molecule has 2 aromatic rings. The Balaban J connectivity index is 1.76. The summed E-state index contributed by atoms with van der Waals surface area (Å²) in [5.41, 5.74) is 9.38. The van der Waals surface area contributed by atoms with Crippen molar-refractivity contribution >= 4 is 0 Å². The predicted molar refractivity (Wildman–Crippen MR) is 81.0 cm³/mol. The van der Waals surface area contributed by atoms with Crippen LogP contribution in [0.3, 0.4) is 0 Å². The Kier molecular flexibility index (Phi) is 4.09. The minimum absolute atomic E-state index is 0.510. The largest absolute Gasteiger partial charge is 0.325 e. The van der Waals surface area contributed by atoms with Gasteiger partial charge in [0, 0.05) is 25.3 Å². The Morgan fingerprint density at radius 1 is 1.20 bits per heavy atom. The Morgan fingerprint density at radius 2 is 2.05 bits per heavy atom. The maximum absolute atomic E-state index is 5.67. The monoisotopic (exact) mass is 267 g/mol. The van der Waals surface area contributed by atoms with Crippen molar-refractivity contribution in [1.82, 2.24) is 9.88 Å². The third-order valence-corrected chi connectivity index (χ3v) is 4.02. The van der Waals surface area contributed by atoms with Crippen LogP contribution in [0.25, 0.3) is 0 Å². The van der Waals surface area contributed by atoms with Gasteiger partial charge in [-0.1, -0.05) is 30.3 Å². The Morgan fingerprint density at radius 3 is 2.85 bits per heavy atom. The smallest absolute Gasteiger partial charge is 0.0542 e. The Labute approximate surface area is 120 Å². The van der Waals surface area contributed by atoms with Crippen molar-refractivity contribution in [2.75, 3.05) is 6.54 Å². The Hall–Kier alpha value is -1.71. The van der Waals surface area contributed by atoms with Crippen LogP contribution in [0.1, 0.15) is 35.7 Å². The zero-order valence-corrected chi connectivity index (χ0v) is 11.7. The number of nitrogens with zero attached hydrogens (tertiary/aromatic N) is 2. The maximum Gasteiger partial charge on any atom is 0.0542 e. The van der Waals surface area contributed by atoms with Crippen molar-refractivity contribution in [3.8, 4) is 0 Å². The first kappa shape index (κ1) is 13.3. The lowest BCUT2D eigenvalue weighted by molar-refractivity contribution is 0.248. The molecule has 1 aromatic carbocycles. The average Bonchev–Trinajstić information content (AvgIpc) is 2.96. The highest BCUT2D eigenvalue weighted by Gasteiger charge is 2.25. The highest BCUT2D eigenvalue weighted by Crippen LogP contribution is 2.32. The van der Waals surface area contributed by atoms with Crippen molar-refractivity contribution in [2.24, 2.45) is 5.73 Å². The van der Waals surface area contributed by atoms with Crippen molar-refractivity contribution in [3.05, 3.63) is 65.5 Å². The quantitative estimate of drug-likeness (QED) is 0.926. The van der Waals surface area contributed by atoms with E-state index in [1.165, 1.54) is 30.5 Å². The standard InChI is InChI=1S/C17H21N3/c18-12-16-11-14(8-9-19-16)13-20-10-4-7-17(20)15-5-2-1-3-6-15/h1-3,5-6,8-9,11,17H,4,7,10,12-13,18H2. The van der Waals surface area contributed by atoms with E-state index in [2.05, 4.69) is 52.3 Å². The number of hydrogen-bond acceptors (Lipinski definition) is 3. The lowest BCUT2D eigenvalue weighted by Crippen LogP contribution is -2.22. The topological polar surface area (TPSA) is 42.1 Å². The van der Waals surface area contributed by atoms with Gasteiger partial charge >= 0.3 is 0 Å². The highest BCUT2D eigenvalue weighted by atomic mass is 15.2. The van der Waals surface area contributed by atoms with Crippen LogP contribution in [0.4, 0.5) is 0 Å². The Bertz CT molecular complexity index is 553. The fourth-order valence-electron chi connectivity index (χ4n) is 3.04. The molecule has 2 N–H and O–H groups in total. The molecule has 1 aliphatic heterocycles. The van der Waals surface area contributed by atoms with Crippen LogP contribution in [-0.4, -0.2) is 16.4 Å². The van der Waals surface area contributed by atoms with E-state index in [1.807, 2.05) is 6.20 Å². The number of rotatable bonds is 4. The molecule has 0 aliphatic carbocycles. The molecule has 20 heavy (non-hydrogen) atoms. The molecule has 1 atom stereocenters. The minimum atomic E-state index is 0.510. The van der Waals surface area contributed by atoms with Gasteiger partial charge in [0.05, 0.1) is 5.69 Å². The van der Waals surface area contributed by atoms with Crippen molar-refractivity contribution in [1.29, 1.82) is 0 Å². The van der Waals surface area contributed by atoms with E-state index >= 15 is 0 Å². The van der Waals surface area contributed by atoms with Crippen LogP contribution in [-0.2, 0) is 13.1 Å². The van der Waals surface area contributed by atoms with E-state index in [0.717, 1.165) is 12.2 Å². The molecule has 0 bridgehead atoms. The van der Waals surface area contributed by atoms with Crippen molar-refractivity contribution in [2.45, 2.75) is 32.0 Å². The first-order chi connectivity index (χ1) is 9.86. The summed E-state index contributed by atoms with van der Waals surface area (Å²) >= 11 is 0. The van der Waals surface area contributed by atoms with E-state index < -0.39 is 0 Å². The van der Waals surface area contributed by atoms with Crippen LogP contribution in [0.2, 0.25) is 0 Å². The maximum atomic E-state index is 5.67. The molecule has 2 heterocycles. The predicted octanol–water partition coefficient (Wildman–Crippen LogP) is 2.88. The van der Waals surface area contributed by atoms with Gasteiger partial charge in [0.2, 0.25) is 0 Å². The van der Waals surface area contributed by atoms with Gasteiger partial charge in [0.25, 0.3) is 0 Å². The highest BCUT2D eigenvalue weighted by molar-refractivity contribution is 5.21. The van der Waals surface area contributed by atoms with E-state index in [1.54, 1.807) is 0 Å². The molecular formula is C17H21N3. The molecule has 1 saturated heterocycles. The second kappa shape index (κ2) is 6.16. The second-order valence-corrected chi connectivity index (χ2v) is 5.40. The van der Waals surface area contributed by atoms with E-state index in [4.69, 9.17) is 5.73 Å². The van der Waals surface area contributed by atoms with E-state index in [-0.39, 0.29) is 0 Å². The minimum Gasteiger partial charge on any atom is -0.325 e. The molecule has 1 fully saturated rings. The van der Waals surface area contributed by atoms with Crippen LogP contribution in [0.15, 0.2) is 48.7 Å². The summed E-state index contributed by atoms with van der Waals surface area (Å²) in [6.07, 6.45) is 4.39. The zero-order chi connectivity index (χ0) is 13.8. The van der Waals surface area contributed by atoms with Gasteiger partial charge in [-0.05, 0) is 42.6 Å². The summed E-state index contributed by atoms with van der Waals surface area (Å²) in [6.45, 7) is 2.66. The number of benzene rings is 1. The van der Waals surface area contributed by atoms with Crippen LogP contribution >= 0.6 is 0 Å². The SMILES string of the molecule is NCc1cc(CN2CCCC2c2ccccc2)ccn1. The lowest BCUT2D eigenvalue weighted by Gasteiger charge is -2.25. The van der Waals surface area contributed by atoms with Crippen LogP contribution in [0.5, 0.6) is 0 Å². The molecule has 0 saturated carbocycles. The van der Waals surface area contributed by atoms with E-state index in [0.29, 0.717) is 12.6 Å². The third kappa shape index (κ3) is 2.89. The fraction of sp³-hybridized carbons (Fsp3) is 0.353.